The Kier molecular flexibility index (Phi) is 5.48. The minimum Gasteiger partial charge on any atom is -0.303 e. The first-order chi connectivity index (χ1) is 10.0. The molecule has 112 valence electrons. The molecule has 0 amide bonds. The van der Waals surface area contributed by atoms with Gasteiger partial charge in [-0.1, -0.05) is 41.1 Å². The number of halogens is 3. The smallest absolute Gasteiger partial charge is 0.130 e. The Bertz CT molecular complexity index is 578. The summed E-state index contributed by atoms with van der Waals surface area (Å²) < 4.78 is 28.7. The fourth-order valence-corrected chi connectivity index (χ4v) is 2.72. The van der Waals surface area contributed by atoms with Gasteiger partial charge in [0.25, 0.3) is 0 Å². The van der Waals surface area contributed by atoms with Gasteiger partial charge in [0, 0.05) is 22.1 Å². The van der Waals surface area contributed by atoms with Crippen LogP contribution >= 0.6 is 15.9 Å². The summed E-state index contributed by atoms with van der Waals surface area (Å²) in [5, 5.41) is 3.31. The molecule has 0 aliphatic heterocycles. The van der Waals surface area contributed by atoms with Gasteiger partial charge in [0.15, 0.2) is 0 Å². The van der Waals surface area contributed by atoms with Crippen molar-refractivity contribution in [1.29, 1.82) is 0 Å². The minimum atomic E-state index is -0.513. The van der Waals surface area contributed by atoms with Gasteiger partial charge in [-0.3, -0.25) is 0 Å². The van der Waals surface area contributed by atoms with Crippen LogP contribution in [0.4, 0.5) is 8.78 Å². The highest BCUT2D eigenvalue weighted by Crippen LogP contribution is 2.26. The summed E-state index contributed by atoms with van der Waals surface area (Å²) in [6.07, 6.45) is 0.835. The number of rotatable bonds is 5. The van der Waals surface area contributed by atoms with Gasteiger partial charge in [-0.25, -0.2) is 8.78 Å². The average Bonchev–Trinajstić information content (AvgIpc) is 2.45. The van der Waals surface area contributed by atoms with Crippen molar-refractivity contribution in [2.24, 2.45) is 0 Å². The lowest BCUT2D eigenvalue weighted by atomic mass is 10.0. The van der Waals surface area contributed by atoms with Crippen molar-refractivity contribution in [2.75, 3.05) is 0 Å². The standard InChI is InChI=1S/C17H18BrF2N/c1-3-16(12-7-9-13(18)10-8-12)21-11(2)17-14(19)5-4-6-15(17)20/h4-11,16,21H,3H2,1-2H3. The van der Waals surface area contributed by atoms with Gasteiger partial charge < -0.3 is 5.32 Å². The molecule has 0 radical (unpaired) electrons. The van der Waals surface area contributed by atoms with Crippen molar-refractivity contribution in [3.63, 3.8) is 0 Å². The normalized spacial score (nSPS) is 14.0. The zero-order valence-corrected chi connectivity index (χ0v) is 13.6. The van der Waals surface area contributed by atoms with Crippen molar-refractivity contribution < 1.29 is 8.78 Å². The van der Waals surface area contributed by atoms with Crippen LogP contribution in [-0.4, -0.2) is 0 Å². The van der Waals surface area contributed by atoms with Crippen LogP contribution in [0, 0.1) is 11.6 Å². The molecule has 0 saturated heterocycles. The molecule has 1 N–H and O–H groups in total. The Balaban J connectivity index is 2.20. The third-order valence-corrected chi connectivity index (χ3v) is 4.09. The van der Waals surface area contributed by atoms with E-state index in [1.54, 1.807) is 6.92 Å². The van der Waals surface area contributed by atoms with Gasteiger partial charge in [0.1, 0.15) is 11.6 Å². The Morgan fingerprint density at radius 2 is 1.62 bits per heavy atom. The van der Waals surface area contributed by atoms with E-state index in [4.69, 9.17) is 0 Å². The predicted octanol–water partition coefficient (Wildman–Crippen LogP) is 5.53. The van der Waals surface area contributed by atoms with E-state index in [9.17, 15) is 8.78 Å². The summed E-state index contributed by atoms with van der Waals surface area (Å²) >= 11 is 3.40. The van der Waals surface area contributed by atoms with Crippen LogP contribution in [0.25, 0.3) is 0 Å². The maximum Gasteiger partial charge on any atom is 0.130 e. The summed E-state index contributed by atoms with van der Waals surface area (Å²) in [5.74, 6) is -1.03. The monoisotopic (exact) mass is 353 g/mol. The fraction of sp³-hybridized carbons (Fsp3) is 0.294. The van der Waals surface area contributed by atoms with Gasteiger partial charge in [-0.15, -0.1) is 0 Å². The summed E-state index contributed by atoms with van der Waals surface area (Å²) in [4.78, 5) is 0. The summed E-state index contributed by atoms with van der Waals surface area (Å²) in [6.45, 7) is 3.83. The second kappa shape index (κ2) is 7.14. The van der Waals surface area contributed by atoms with E-state index in [0.29, 0.717) is 0 Å². The van der Waals surface area contributed by atoms with E-state index in [-0.39, 0.29) is 11.6 Å². The van der Waals surface area contributed by atoms with E-state index < -0.39 is 17.7 Å². The molecule has 0 heterocycles. The van der Waals surface area contributed by atoms with E-state index in [1.807, 2.05) is 31.2 Å². The zero-order chi connectivity index (χ0) is 15.4. The second-order valence-corrected chi connectivity index (χ2v) is 5.95. The molecule has 2 aromatic rings. The number of benzene rings is 2. The number of nitrogens with one attached hydrogen (secondary N) is 1. The Hall–Kier alpha value is -1.26. The highest BCUT2D eigenvalue weighted by atomic mass is 79.9. The van der Waals surface area contributed by atoms with Crippen LogP contribution in [0.3, 0.4) is 0 Å². The number of hydrogen-bond acceptors (Lipinski definition) is 1. The predicted molar refractivity (Wildman–Crippen MR) is 85.1 cm³/mol. The van der Waals surface area contributed by atoms with Crippen molar-refractivity contribution in [3.8, 4) is 0 Å². The summed E-state index contributed by atoms with van der Waals surface area (Å²) in [5.41, 5.74) is 1.19. The maximum absolute atomic E-state index is 13.8. The molecule has 4 heteroatoms. The van der Waals surface area contributed by atoms with Crippen molar-refractivity contribution in [2.45, 2.75) is 32.4 Å². The van der Waals surface area contributed by atoms with Gasteiger partial charge in [0.05, 0.1) is 0 Å². The van der Waals surface area contributed by atoms with E-state index in [2.05, 4.69) is 21.2 Å². The fourth-order valence-electron chi connectivity index (χ4n) is 2.45. The first-order valence-corrected chi connectivity index (χ1v) is 7.77. The quantitative estimate of drug-likeness (QED) is 0.745. The van der Waals surface area contributed by atoms with Gasteiger partial charge >= 0.3 is 0 Å². The summed E-state index contributed by atoms with van der Waals surface area (Å²) in [7, 11) is 0. The second-order valence-electron chi connectivity index (χ2n) is 5.04. The molecule has 0 aliphatic carbocycles. The van der Waals surface area contributed by atoms with Gasteiger partial charge in [-0.05, 0) is 43.2 Å². The number of hydrogen-bond donors (Lipinski definition) is 1. The maximum atomic E-state index is 13.8. The SMILES string of the molecule is CCC(NC(C)c1c(F)cccc1F)c1ccc(Br)cc1. The molecule has 2 aromatic carbocycles. The third kappa shape index (κ3) is 3.89. The highest BCUT2D eigenvalue weighted by Gasteiger charge is 2.19. The van der Waals surface area contributed by atoms with Crippen molar-refractivity contribution in [1.82, 2.24) is 5.32 Å². The molecule has 2 atom stereocenters. The Morgan fingerprint density at radius 3 is 2.14 bits per heavy atom. The molecule has 2 rings (SSSR count). The van der Waals surface area contributed by atoms with Crippen LogP contribution in [0.1, 0.15) is 43.5 Å². The topological polar surface area (TPSA) is 12.0 Å². The largest absolute Gasteiger partial charge is 0.303 e. The molecule has 2 unspecified atom stereocenters. The highest BCUT2D eigenvalue weighted by molar-refractivity contribution is 9.10. The molecule has 0 saturated carbocycles. The van der Waals surface area contributed by atoms with E-state index in [0.717, 1.165) is 16.5 Å². The first kappa shape index (κ1) is 16.1. The van der Waals surface area contributed by atoms with Crippen LogP contribution in [0.2, 0.25) is 0 Å². The minimum absolute atomic E-state index is 0.0482. The molecule has 0 aliphatic rings. The molecule has 0 bridgehead atoms. The van der Waals surface area contributed by atoms with Crippen molar-refractivity contribution in [3.05, 3.63) is 69.7 Å². The molecule has 1 nitrogen and oxygen atoms in total. The Morgan fingerprint density at radius 1 is 1.05 bits per heavy atom. The molecular weight excluding hydrogens is 336 g/mol. The molecular formula is C17H18BrF2N. The van der Waals surface area contributed by atoms with Crippen LogP contribution < -0.4 is 5.32 Å². The first-order valence-electron chi connectivity index (χ1n) is 6.98. The van der Waals surface area contributed by atoms with Crippen LogP contribution in [0.15, 0.2) is 46.9 Å². The molecule has 0 spiro atoms. The lowest BCUT2D eigenvalue weighted by molar-refractivity contribution is 0.426. The lowest BCUT2D eigenvalue weighted by Gasteiger charge is -2.23. The zero-order valence-electron chi connectivity index (χ0n) is 12.0. The van der Waals surface area contributed by atoms with Crippen molar-refractivity contribution >= 4 is 15.9 Å². The molecule has 21 heavy (non-hydrogen) atoms. The third-order valence-electron chi connectivity index (χ3n) is 3.56. The average molecular weight is 354 g/mol. The Labute approximate surface area is 132 Å². The van der Waals surface area contributed by atoms with Gasteiger partial charge in [-0.2, -0.15) is 0 Å². The lowest BCUT2D eigenvalue weighted by Crippen LogP contribution is -2.25. The molecule has 0 fully saturated rings. The molecule has 0 aromatic heterocycles. The van der Waals surface area contributed by atoms with Gasteiger partial charge in [0.2, 0.25) is 0 Å². The van der Waals surface area contributed by atoms with E-state index >= 15 is 0 Å². The summed E-state index contributed by atoms with van der Waals surface area (Å²) in [6, 6.07) is 11.6. The van der Waals surface area contributed by atoms with E-state index in [1.165, 1.54) is 18.2 Å². The van der Waals surface area contributed by atoms with Crippen LogP contribution in [0.5, 0.6) is 0 Å². The van der Waals surface area contributed by atoms with Crippen LogP contribution in [-0.2, 0) is 0 Å².